The van der Waals surface area contributed by atoms with Gasteiger partial charge in [0.05, 0.1) is 9.50 Å². The number of halogens is 3. The molecule has 0 atom stereocenters. The average molecular weight is 269 g/mol. The lowest BCUT2D eigenvalue weighted by molar-refractivity contribution is 0.0509. The van der Waals surface area contributed by atoms with E-state index in [-0.39, 0.29) is 12.5 Å². The molecule has 0 spiro atoms. The van der Waals surface area contributed by atoms with Crippen LogP contribution < -0.4 is 4.74 Å². The van der Waals surface area contributed by atoms with E-state index in [2.05, 4.69) is 20.7 Å². The third kappa shape index (κ3) is 2.83. The molecule has 0 aliphatic heterocycles. The minimum atomic E-state index is -0.421. The highest BCUT2D eigenvalue weighted by atomic mass is 79.9. The van der Waals surface area contributed by atoms with Crippen LogP contribution in [0.25, 0.3) is 0 Å². The fourth-order valence-corrected chi connectivity index (χ4v) is 1.43. The van der Waals surface area contributed by atoms with Crippen LogP contribution in [0.1, 0.15) is 0 Å². The zero-order chi connectivity index (χ0) is 9.84. The number of ether oxygens (including phenoxy) is 2. The summed E-state index contributed by atoms with van der Waals surface area (Å²) in [4.78, 5) is 0. The summed E-state index contributed by atoms with van der Waals surface area (Å²) in [5.74, 6) is -0.153. The van der Waals surface area contributed by atoms with Crippen LogP contribution in [0, 0.1) is 5.82 Å². The predicted molar refractivity (Wildman–Crippen MR) is 51.6 cm³/mol. The molecule has 0 aliphatic rings. The van der Waals surface area contributed by atoms with Crippen LogP contribution in [0.5, 0.6) is 5.75 Å². The summed E-state index contributed by atoms with van der Waals surface area (Å²) in [7, 11) is 1.48. The standard InChI is InChI=1S/C8H7BrClFO2/c1-12-4-13-8-3-7(11)5(9)2-6(8)10/h2-3H,4H2,1H3. The van der Waals surface area contributed by atoms with E-state index in [9.17, 15) is 4.39 Å². The van der Waals surface area contributed by atoms with Gasteiger partial charge in [-0.05, 0) is 22.0 Å². The van der Waals surface area contributed by atoms with Crippen molar-refractivity contribution in [1.29, 1.82) is 0 Å². The van der Waals surface area contributed by atoms with Crippen molar-refractivity contribution in [3.8, 4) is 5.75 Å². The minimum absolute atomic E-state index is 0.0425. The average Bonchev–Trinajstić information content (AvgIpc) is 2.09. The molecule has 72 valence electrons. The van der Waals surface area contributed by atoms with Gasteiger partial charge in [-0.25, -0.2) is 4.39 Å². The zero-order valence-corrected chi connectivity index (χ0v) is 9.15. The maximum absolute atomic E-state index is 13.0. The van der Waals surface area contributed by atoms with E-state index in [4.69, 9.17) is 16.3 Å². The van der Waals surface area contributed by atoms with Crippen molar-refractivity contribution in [2.45, 2.75) is 0 Å². The molecule has 0 fully saturated rings. The van der Waals surface area contributed by atoms with E-state index < -0.39 is 5.82 Å². The normalized spacial score (nSPS) is 10.2. The molecule has 0 radical (unpaired) electrons. The summed E-state index contributed by atoms with van der Waals surface area (Å²) in [5, 5.41) is 0.338. The van der Waals surface area contributed by atoms with Gasteiger partial charge in [0.25, 0.3) is 0 Å². The van der Waals surface area contributed by atoms with Crippen LogP contribution in [-0.4, -0.2) is 13.9 Å². The molecular weight excluding hydrogens is 262 g/mol. The van der Waals surface area contributed by atoms with Gasteiger partial charge in [-0.1, -0.05) is 11.6 Å². The first-order valence-electron chi connectivity index (χ1n) is 3.41. The van der Waals surface area contributed by atoms with Gasteiger partial charge >= 0.3 is 0 Å². The molecule has 0 bridgehead atoms. The predicted octanol–water partition coefficient (Wildman–Crippen LogP) is 3.22. The first-order valence-corrected chi connectivity index (χ1v) is 4.58. The Morgan fingerprint density at radius 1 is 1.54 bits per heavy atom. The SMILES string of the molecule is COCOc1cc(F)c(Br)cc1Cl. The Hall–Kier alpha value is -0.320. The summed E-state index contributed by atoms with van der Waals surface area (Å²) in [5.41, 5.74) is 0. The van der Waals surface area contributed by atoms with Crippen molar-refractivity contribution in [3.63, 3.8) is 0 Å². The highest BCUT2D eigenvalue weighted by molar-refractivity contribution is 9.10. The van der Waals surface area contributed by atoms with E-state index >= 15 is 0 Å². The number of hydrogen-bond acceptors (Lipinski definition) is 2. The second-order valence-electron chi connectivity index (χ2n) is 2.25. The quantitative estimate of drug-likeness (QED) is 0.619. The second-order valence-corrected chi connectivity index (χ2v) is 3.51. The zero-order valence-electron chi connectivity index (χ0n) is 6.81. The van der Waals surface area contributed by atoms with Gasteiger partial charge in [0.2, 0.25) is 0 Å². The van der Waals surface area contributed by atoms with Crippen LogP contribution >= 0.6 is 27.5 Å². The minimum Gasteiger partial charge on any atom is -0.466 e. The van der Waals surface area contributed by atoms with Crippen LogP contribution in [0.2, 0.25) is 5.02 Å². The molecule has 1 aromatic carbocycles. The number of benzene rings is 1. The van der Waals surface area contributed by atoms with Crippen molar-refractivity contribution in [2.24, 2.45) is 0 Å². The van der Waals surface area contributed by atoms with E-state index in [0.717, 1.165) is 0 Å². The van der Waals surface area contributed by atoms with Crippen molar-refractivity contribution >= 4 is 27.5 Å². The summed E-state index contributed by atoms with van der Waals surface area (Å²) in [6.07, 6.45) is 0. The fourth-order valence-electron chi connectivity index (χ4n) is 0.737. The first kappa shape index (κ1) is 10.8. The molecule has 5 heteroatoms. The monoisotopic (exact) mass is 268 g/mol. The number of methoxy groups -OCH3 is 1. The summed E-state index contributed by atoms with van der Waals surface area (Å²) in [6.45, 7) is 0.0425. The number of hydrogen-bond donors (Lipinski definition) is 0. The van der Waals surface area contributed by atoms with Gasteiger partial charge in [-0.3, -0.25) is 0 Å². The van der Waals surface area contributed by atoms with Gasteiger partial charge in [0.15, 0.2) is 6.79 Å². The topological polar surface area (TPSA) is 18.5 Å². The van der Waals surface area contributed by atoms with Gasteiger partial charge in [0, 0.05) is 13.2 Å². The molecule has 2 nitrogen and oxygen atoms in total. The van der Waals surface area contributed by atoms with E-state index in [0.29, 0.717) is 9.50 Å². The Balaban J connectivity index is 2.88. The summed E-state index contributed by atoms with van der Waals surface area (Å²) < 4.78 is 22.9. The Kier molecular flexibility index (Phi) is 3.96. The fraction of sp³-hybridized carbons (Fsp3) is 0.250. The van der Waals surface area contributed by atoms with Crippen LogP contribution in [0.4, 0.5) is 4.39 Å². The van der Waals surface area contributed by atoms with Crippen LogP contribution in [-0.2, 0) is 4.74 Å². The third-order valence-corrected chi connectivity index (χ3v) is 2.21. The Bertz CT molecular complexity index is 306. The van der Waals surface area contributed by atoms with E-state index in [1.807, 2.05) is 0 Å². The molecule has 0 unspecified atom stereocenters. The highest BCUT2D eigenvalue weighted by Gasteiger charge is 2.07. The molecule has 0 amide bonds. The molecule has 0 heterocycles. The maximum atomic E-state index is 13.0. The van der Waals surface area contributed by atoms with E-state index in [1.54, 1.807) is 0 Å². The van der Waals surface area contributed by atoms with Gasteiger partial charge in [-0.2, -0.15) is 0 Å². The first-order chi connectivity index (χ1) is 6.15. The highest BCUT2D eigenvalue weighted by Crippen LogP contribution is 2.30. The van der Waals surface area contributed by atoms with Crippen molar-refractivity contribution in [2.75, 3.05) is 13.9 Å². The lowest BCUT2D eigenvalue weighted by Gasteiger charge is -2.07. The van der Waals surface area contributed by atoms with E-state index in [1.165, 1.54) is 19.2 Å². The lowest BCUT2D eigenvalue weighted by Crippen LogP contribution is -1.99. The molecule has 1 rings (SSSR count). The maximum Gasteiger partial charge on any atom is 0.188 e. The lowest BCUT2D eigenvalue weighted by atomic mass is 10.3. The van der Waals surface area contributed by atoms with Gasteiger partial charge < -0.3 is 9.47 Å². The van der Waals surface area contributed by atoms with Crippen molar-refractivity contribution in [3.05, 3.63) is 27.4 Å². The van der Waals surface area contributed by atoms with Crippen LogP contribution in [0.3, 0.4) is 0 Å². The molecule has 13 heavy (non-hydrogen) atoms. The van der Waals surface area contributed by atoms with Crippen molar-refractivity contribution < 1.29 is 13.9 Å². The summed E-state index contributed by atoms with van der Waals surface area (Å²) in [6, 6.07) is 2.63. The van der Waals surface area contributed by atoms with Crippen molar-refractivity contribution in [1.82, 2.24) is 0 Å². The Labute approximate surface area is 88.7 Å². The molecule has 0 saturated carbocycles. The molecule has 0 saturated heterocycles. The Morgan fingerprint density at radius 3 is 2.85 bits per heavy atom. The molecule has 0 aliphatic carbocycles. The Morgan fingerprint density at radius 2 is 2.23 bits per heavy atom. The molecular formula is C8H7BrClFO2. The summed E-state index contributed by atoms with van der Waals surface area (Å²) >= 11 is 8.76. The third-order valence-electron chi connectivity index (χ3n) is 1.31. The van der Waals surface area contributed by atoms with Gasteiger partial charge in [0.1, 0.15) is 11.6 Å². The number of rotatable bonds is 3. The smallest absolute Gasteiger partial charge is 0.188 e. The van der Waals surface area contributed by atoms with Crippen LogP contribution in [0.15, 0.2) is 16.6 Å². The second kappa shape index (κ2) is 4.79. The largest absolute Gasteiger partial charge is 0.466 e. The van der Waals surface area contributed by atoms with Gasteiger partial charge in [-0.15, -0.1) is 0 Å². The molecule has 0 N–H and O–H groups in total. The molecule has 1 aromatic rings. The molecule has 0 aromatic heterocycles.